The molecule has 8 heteroatoms. The molecule has 0 fully saturated rings. The van der Waals surface area contributed by atoms with Gasteiger partial charge in [0, 0.05) is 22.6 Å². The lowest BCUT2D eigenvalue weighted by atomic mass is 10.0. The Morgan fingerprint density at radius 3 is 2.61 bits per heavy atom. The van der Waals surface area contributed by atoms with Crippen molar-refractivity contribution in [3.63, 3.8) is 0 Å². The highest BCUT2D eigenvalue weighted by Gasteiger charge is 2.24. The molecule has 1 aliphatic rings. The average Bonchev–Trinajstić information content (AvgIpc) is 3.12. The highest BCUT2D eigenvalue weighted by molar-refractivity contribution is 7.89. The van der Waals surface area contributed by atoms with Gasteiger partial charge in [0.25, 0.3) is 5.91 Å². The van der Waals surface area contributed by atoms with Crippen LogP contribution in [0.3, 0.4) is 0 Å². The van der Waals surface area contributed by atoms with E-state index in [4.69, 9.17) is 16.7 Å². The fourth-order valence-corrected chi connectivity index (χ4v) is 4.25. The zero-order chi connectivity index (χ0) is 19.9. The Labute approximate surface area is 167 Å². The molecule has 3 N–H and O–H groups in total. The predicted molar refractivity (Wildman–Crippen MR) is 108 cm³/mol. The number of aryl methyl sites for hydroxylation is 1. The summed E-state index contributed by atoms with van der Waals surface area (Å²) in [7, 11) is -3.74. The van der Waals surface area contributed by atoms with Crippen LogP contribution in [0.1, 0.15) is 33.6 Å². The van der Waals surface area contributed by atoms with Crippen LogP contribution >= 0.6 is 11.6 Å². The van der Waals surface area contributed by atoms with Gasteiger partial charge in [-0.15, -0.1) is 0 Å². The Kier molecular flexibility index (Phi) is 4.82. The van der Waals surface area contributed by atoms with Crippen molar-refractivity contribution >= 4 is 38.4 Å². The summed E-state index contributed by atoms with van der Waals surface area (Å²) in [5, 5.41) is 9.33. The number of sulfonamides is 1. The molecule has 28 heavy (non-hydrogen) atoms. The number of hydrogen-bond acceptors (Lipinski definition) is 4. The number of benzene rings is 2. The van der Waals surface area contributed by atoms with E-state index in [-0.39, 0.29) is 17.3 Å². The van der Waals surface area contributed by atoms with Crippen molar-refractivity contribution in [1.29, 1.82) is 0 Å². The summed E-state index contributed by atoms with van der Waals surface area (Å²) in [6.45, 7) is 0.267. The van der Waals surface area contributed by atoms with Gasteiger partial charge in [-0.2, -0.15) is 0 Å². The highest BCUT2D eigenvalue weighted by Crippen LogP contribution is 2.31. The minimum absolute atomic E-state index is 0.0372. The van der Waals surface area contributed by atoms with Crippen molar-refractivity contribution in [2.75, 3.05) is 0 Å². The van der Waals surface area contributed by atoms with Crippen LogP contribution in [0.4, 0.5) is 0 Å². The van der Waals surface area contributed by atoms with Gasteiger partial charge in [-0.3, -0.25) is 9.78 Å². The molecule has 1 amide bonds. The smallest absolute Gasteiger partial charge is 0.252 e. The molecule has 0 atom stereocenters. The van der Waals surface area contributed by atoms with Crippen LogP contribution in [-0.4, -0.2) is 19.3 Å². The van der Waals surface area contributed by atoms with Crippen LogP contribution in [0.15, 0.2) is 47.4 Å². The molecule has 4 rings (SSSR count). The number of pyridine rings is 1. The Balaban J connectivity index is 1.63. The quantitative estimate of drug-likeness (QED) is 0.683. The predicted octanol–water partition coefficient (Wildman–Crippen LogP) is 2.95. The number of nitrogens with one attached hydrogen (secondary N) is 1. The minimum Gasteiger partial charge on any atom is -0.348 e. The number of primary sulfonamides is 1. The molecule has 0 saturated heterocycles. The normalized spacial score (nSPS) is 13.5. The molecular weight excluding hydrogens is 398 g/mol. The second kappa shape index (κ2) is 7.16. The second-order valence-electron chi connectivity index (χ2n) is 6.80. The van der Waals surface area contributed by atoms with Gasteiger partial charge < -0.3 is 5.32 Å². The number of nitrogens with zero attached hydrogens (tertiary/aromatic N) is 1. The van der Waals surface area contributed by atoms with E-state index in [1.165, 1.54) is 12.1 Å². The maximum absolute atomic E-state index is 13.0. The monoisotopic (exact) mass is 415 g/mol. The average molecular weight is 416 g/mol. The van der Waals surface area contributed by atoms with Crippen molar-refractivity contribution in [1.82, 2.24) is 10.3 Å². The third-order valence-electron chi connectivity index (χ3n) is 4.91. The van der Waals surface area contributed by atoms with Gasteiger partial charge in [0.15, 0.2) is 0 Å². The third-order valence-corrected chi connectivity index (χ3v) is 6.07. The molecule has 1 aromatic heterocycles. The first kappa shape index (κ1) is 18.9. The van der Waals surface area contributed by atoms with Gasteiger partial charge in [-0.25, -0.2) is 13.6 Å². The van der Waals surface area contributed by atoms with Crippen LogP contribution < -0.4 is 10.5 Å². The molecule has 0 saturated carbocycles. The molecule has 0 spiro atoms. The van der Waals surface area contributed by atoms with Crippen LogP contribution in [0.25, 0.3) is 10.9 Å². The lowest BCUT2D eigenvalue weighted by molar-refractivity contribution is 0.0951. The van der Waals surface area contributed by atoms with Crippen LogP contribution in [0.2, 0.25) is 5.02 Å². The SMILES string of the molecule is NS(=O)(=O)c1ccc(CNC(=O)c2c3c(nc4ccc(Cl)cc24)CCC3)cc1. The molecule has 0 bridgehead atoms. The van der Waals surface area contributed by atoms with Gasteiger partial charge in [0.1, 0.15) is 0 Å². The Morgan fingerprint density at radius 2 is 1.89 bits per heavy atom. The van der Waals surface area contributed by atoms with Gasteiger partial charge >= 0.3 is 0 Å². The molecule has 1 aliphatic carbocycles. The first-order valence-electron chi connectivity index (χ1n) is 8.84. The van der Waals surface area contributed by atoms with Gasteiger partial charge in [0.05, 0.1) is 16.0 Å². The standard InChI is InChI=1S/C20H18ClN3O3S/c21-13-6-9-18-16(10-13)19(15-2-1-3-17(15)24-18)20(25)23-11-12-4-7-14(8-5-12)28(22,26)27/h4-10H,1-3,11H2,(H,23,25)(H2,22,26,27). The topological polar surface area (TPSA) is 102 Å². The number of halogens is 1. The maximum atomic E-state index is 13.0. The molecule has 0 radical (unpaired) electrons. The fraction of sp³-hybridized carbons (Fsp3) is 0.200. The van der Waals surface area contributed by atoms with E-state index in [0.717, 1.165) is 47.0 Å². The highest BCUT2D eigenvalue weighted by atomic mass is 35.5. The maximum Gasteiger partial charge on any atom is 0.252 e. The molecule has 6 nitrogen and oxygen atoms in total. The van der Waals surface area contributed by atoms with Gasteiger partial charge in [0.2, 0.25) is 10.0 Å². The Morgan fingerprint density at radius 1 is 1.14 bits per heavy atom. The molecule has 3 aromatic rings. The molecule has 1 heterocycles. The van der Waals surface area contributed by atoms with E-state index in [2.05, 4.69) is 10.3 Å². The molecule has 0 unspecified atom stereocenters. The summed E-state index contributed by atoms with van der Waals surface area (Å²) in [5.74, 6) is -0.191. The minimum atomic E-state index is -3.74. The number of carbonyl (C=O) groups excluding carboxylic acids is 1. The number of amides is 1. The number of hydrogen-bond donors (Lipinski definition) is 2. The van der Waals surface area contributed by atoms with E-state index in [0.29, 0.717) is 10.6 Å². The second-order valence-corrected chi connectivity index (χ2v) is 8.80. The summed E-state index contributed by atoms with van der Waals surface area (Å²) in [5.41, 5.74) is 4.11. The number of nitrogens with two attached hydrogens (primary N) is 1. The third kappa shape index (κ3) is 3.61. The first-order chi connectivity index (χ1) is 13.3. The molecule has 0 aliphatic heterocycles. The number of fused-ring (bicyclic) bond motifs is 2. The van der Waals surface area contributed by atoms with E-state index < -0.39 is 10.0 Å². The number of rotatable bonds is 4. The Bertz CT molecular complexity index is 1190. The van der Waals surface area contributed by atoms with Crippen molar-refractivity contribution in [3.8, 4) is 0 Å². The van der Waals surface area contributed by atoms with E-state index in [9.17, 15) is 13.2 Å². The van der Waals surface area contributed by atoms with E-state index in [1.54, 1.807) is 24.3 Å². The van der Waals surface area contributed by atoms with Crippen LogP contribution in [-0.2, 0) is 29.4 Å². The van der Waals surface area contributed by atoms with Crippen molar-refractivity contribution in [2.24, 2.45) is 5.14 Å². The van der Waals surface area contributed by atoms with E-state index >= 15 is 0 Å². The Hall–Kier alpha value is -2.48. The fourth-order valence-electron chi connectivity index (χ4n) is 3.56. The van der Waals surface area contributed by atoms with Gasteiger partial charge in [-0.1, -0.05) is 23.7 Å². The summed E-state index contributed by atoms with van der Waals surface area (Å²) >= 11 is 6.15. The largest absolute Gasteiger partial charge is 0.348 e. The van der Waals surface area contributed by atoms with Crippen LogP contribution in [0, 0.1) is 0 Å². The van der Waals surface area contributed by atoms with E-state index in [1.807, 2.05) is 6.07 Å². The molecule has 144 valence electrons. The summed E-state index contributed by atoms with van der Waals surface area (Å²) in [6.07, 6.45) is 2.65. The van der Waals surface area contributed by atoms with Crippen LogP contribution in [0.5, 0.6) is 0 Å². The summed E-state index contributed by atoms with van der Waals surface area (Å²) in [6, 6.07) is 11.5. The zero-order valence-corrected chi connectivity index (χ0v) is 16.5. The lowest BCUT2D eigenvalue weighted by Crippen LogP contribution is -2.24. The summed E-state index contributed by atoms with van der Waals surface area (Å²) in [4.78, 5) is 17.8. The van der Waals surface area contributed by atoms with Crippen molar-refractivity contribution in [3.05, 3.63) is 69.9 Å². The number of aromatic nitrogens is 1. The zero-order valence-electron chi connectivity index (χ0n) is 14.9. The van der Waals surface area contributed by atoms with Gasteiger partial charge in [-0.05, 0) is 60.7 Å². The number of carbonyl (C=O) groups is 1. The lowest BCUT2D eigenvalue weighted by Gasteiger charge is -2.13. The molecule has 2 aromatic carbocycles. The first-order valence-corrected chi connectivity index (χ1v) is 10.8. The summed E-state index contributed by atoms with van der Waals surface area (Å²) < 4.78 is 22.7. The van der Waals surface area contributed by atoms with Crippen molar-refractivity contribution in [2.45, 2.75) is 30.7 Å². The molecular formula is C20H18ClN3O3S. The van der Waals surface area contributed by atoms with Crippen molar-refractivity contribution < 1.29 is 13.2 Å².